The van der Waals surface area contributed by atoms with Crippen LogP contribution >= 0.6 is 15.9 Å². The summed E-state index contributed by atoms with van der Waals surface area (Å²) in [7, 11) is 0. The van der Waals surface area contributed by atoms with Crippen LogP contribution in [0.25, 0.3) is 0 Å². The van der Waals surface area contributed by atoms with Gasteiger partial charge < -0.3 is 5.32 Å². The van der Waals surface area contributed by atoms with Crippen LogP contribution < -0.4 is 5.32 Å². The topological polar surface area (TPSA) is 24.9 Å². The van der Waals surface area contributed by atoms with Gasteiger partial charge in [0.25, 0.3) is 0 Å². The second-order valence-electron chi connectivity index (χ2n) is 3.79. The van der Waals surface area contributed by atoms with Crippen LogP contribution in [0.2, 0.25) is 0 Å². The molecule has 0 unspecified atom stereocenters. The van der Waals surface area contributed by atoms with Crippen molar-refractivity contribution in [3.8, 4) is 0 Å². The average molecular weight is 313 g/mol. The Balaban J connectivity index is 1.94. The third-order valence-corrected chi connectivity index (χ3v) is 3.03. The molecule has 0 spiro atoms. The molecule has 5 heteroatoms. The molecule has 0 aliphatic rings. The number of hydrogen-bond acceptors (Lipinski definition) is 2. The third kappa shape index (κ3) is 3.50. The van der Waals surface area contributed by atoms with E-state index in [9.17, 15) is 8.78 Å². The number of pyridine rings is 1. The first-order valence-electron chi connectivity index (χ1n) is 5.44. The van der Waals surface area contributed by atoms with E-state index in [1.165, 1.54) is 12.1 Å². The highest BCUT2D eigenvalue weighted by atomic mass is 79.9. The molecular formula is C13H11BrF2N2. The Hall–Kier alpha value is -1.49. The van der Waals surface area contributed by atoms with E-state index in [4.69, 9.17) is 0 Å². The summed E-state index contributed by atoms with van der Waals surface area (Å²) in [5.74, 6) is -0.387. The lowest BCUT2D eigenvalue weighted by molar-refractivity contribution is 0.580. The van der Waals surface area contributed by atoms with Crippen molar-refractivity contribution in [1.82, 2.24) is 4.98 Å². The van der Waals surface area contributed by atoms with Crippen molar-refractivity contribution >= 4 is 21.7 Å². The van der Waals surface area contributed by atoms with Crippen LogP contribution in [0.4, 0.5) is 14.6 Å². The normalized spacial score (nSPS) is 10.4. The smallest absolute Gasteiger partial charge is 0.140 e. The molecule has 0 saturated carbocycles. The number of anilines is 1. The van der Waals surface area contributed by atoms with Crippen molar-refractivity contribution in [2.24, 2.45) is 0 Å². The maximum Gasteiger partial charge on any atom is 0.140 e. The van der Waals surface area contributed by atoms with Gasteiger partial charge in [-0.3, -0.25) is 0 Å². The highest BCUT2D eigenvalue weighted by molar-refractivity contribution is 9.10. The summed E-state index contributed by atoms with van der Waals surface area (Å²) < 4.78 is 26.8. The highest BCUT2D eigenvalue weighted by Gasteiger charge is 2.02. The van der Waals surface area contributed by atoms with Crippen molar-refractivity contribution < 1.29 is 8.78 Å². The Labute approximate surface area is 112 Å². The number of hydrogen-bond donors (Lipinski definition) is 1. The van der Waals surface area contributed by atoms with Crippen LogP contribution in [0.1, 0.15) is 5.56 Å². The Morgan fingerprint density at radius 1 is 1.17 bits per heavy atom. The van der Waals surface area contributed by atoms with Crippen molar-refractivity contribution in [2.75, 3.05) is 11.9 Å². The highest BCUT2D eigenvalue weighted by Crippen LogP contribution is 2.18. The van der Waals surface area contributed by atoms with Crippen LogP contribution in [0.5, 0.6) is 0 Å². The van der Waals surface area contributed by atoms with Gasteiger partial charge in [-0.1, -0.05) is 0 Å². The molecule has 0 atom stereocenters. The van der Waals surface area contributed by atoms with E-state index in [0.29, 0.717) is 18.5 Å². The second-order valence-corrected chi connectivity index (χ2v) is 4.64. The molecule has 1 aromatic carbocycles. The lowest BCUT2D eigenvalue weighted by atomic mass is 10.1. The number of nitrogens with one attached hydrogen (secondary N) is 1. The standard InChI is InChI=1S/C13H11BrF2N2/c14-12-2-1-4-17-13(12)18-5-3-9-6-10(15)8-11(16)7-9/h1-2,4,6-8H,3,5H2,(H,17,18). The zero-order valence-corrected chi connectivity index (χ0v) is 11.0. The largest absolute Gasteiger partial charge is 0.369 e. The van der Waals surface area contributed by atoms with Gasteiger partial charge >= 0.3 is 0 Å². The number of rotatable bonds is 4. The summed E-state index contributed by atoms with van der Waals surface area (Å²) in [5, 5.41) is 3.10. The maximum atomic E-state index is 13.0. The van der Waals surface area contributed by atoms with Gasteiger partial charge in [0.05, 0.1) is 4.47 Å². The number of nitrogens with zero attached hydrogens (tertiary/aromatic N) is 1. The van der Waals surface area contributed by atoms with E-state index in [-0.39, 0.29) is 0 Å². The van der Waals surface area contributed by atoms with Gasteiger partial charge in [-0.25, -0.2) is 13.8 Å². The molecule has 0 bridgehead atoms. The van der Waals surface area contributed by atoms with Gasteiger partial charge in [0.1, 0.15) is 17.5 Å². The average Bonchev–Trinajstić information content (AvgIpc) is 2.30. The van der Waals surface area contributed by atoms with Crippen LogP contribution in [0.3, 0.4) is 0 Å². The SMILES string of the molecule is Fc1cc(F)cc(CCNc2ncccc2Br)c1. The molecule has 2 nitrogen and oxygen atoms in total. The molecule has 1 N–H and O–H groups in total. The maximum absolute atomic E-state index is 13.0. The van der Waals surface area contributed by atoms with Crippen LogP contribution in [0.15, 0.2) is 41.0 Å². The summed E-state index contributed by atoms with van der Waals surface area (Å²) in [6, 6.07) is 7.22. The van der Waals surface area contributed by atoms with E-state index in [2.05, 4.69) is 26.2 Å². The quantitative estimate of drug-likeness (QED) is 0.929. The fraction of sp³-hybridized carbons (Fsp3) is 0.154. The van der Waals surface area contributed by atoms with Crippen LogP contribution in [0, 0.1) is 11.6 Å². The fourth-order valence-electron chi connectivity index (χ4n) is 1.60. The van der Waals surface area contributed by atoms with Crippen molar-refractivity contribution in [3.63, 3.8) is 0 Å². The number of benzene rings is 1. The first kappa shape index (κ1) is 13.0. The predicted octanol–water partition coefficient (Wildman–Crippen LogP) is 3.78. The monoisotopic (exact) mass is 312 g/mol. The Bertz CT molecular complexity index is 526. The summed E-state index contributed by atoms with van der Waals surface area (Å²) in [4.78, 5) is 4.14. The Morgan fingerprint density at radius 3 is 2.56 bits per heavy atom. The lowest BCUT2D eigenvalue weighted by Crippen LogP contribution is -2.07. The van der Waals surface area contributed by atoms with Crippen molar-refractivity contribution in [1.29, 1.82) is 0 Å². The van der Waals surface area contributed by atoms with Crippen molar-refractivity contribution in [3.05, 3.63) is 58.2 Å². The molecule has 0 aliphatic heterocycles. The first-order valence-corrected chi connectivity index (χ1v) is 6.24. The summed E-state index contributed by atoms with van der Waals surface area (Å²) >= 11 is 3.36. The molecule has 2 aromatic rings. The summed E-state index contributed by atoms with van der Waals surface area (Å²) in [6.07, 6.45) is 2.20. The number of halogens is 3. The molecule has 1 aromatic heterocycles. The van der Waals surface area contributed by atoms with Gasteiger partial charge in [-0.15, -0.1) is 0 Å². The minimum absolute atomic E-state index is 0.525. The van der Waals surface area contributed by atoms with E-state index < -0.39 is 11.6 Å². The number of aromatic nitrogens is 1. The molecule has 94 valence electrons. The second kappa shape index (κ2) is 5.91. The van der Waals surface area contributed by atoms with E-state index >= 15 is 0 Å². The van der Waals surface area contributed by atoms with Gasteiger partial charge in [0, 0.05) is 18.8 Å². The van der Waals surface area contributed by atoms with Gasteiger partial charge in [-0.2, -0.15) is 0 Å². The zero-order chi connectivity index (χ0) is 13.0. The molecule has 18 heavy (non-hydrogen) atoms. The van der Waals surface area contributed by atoms with E-state index in [1.54, 1.807) is 6.20 Å². The molecule has 1 heterocycles. The van der Waals surface area contributed by atoms with Crippen molar-refractivity contribution in [2.45, 2.75) is 6.42 Å². The van der Waals surface area contributed by atoms with E-state index in [0.717, 1.165) is 16.4 Å². The molecule has 2 rings (SSSR count). The molecule has 0 amide bonds. The van der Waals surface area contributed by atoms with Gasteiger partial charge in [0.2, 0.25) is 0 Å². The first-order chi connectivity index (χ1) is 8.65. The summed E-state index contributed by atoms with van der Waals surface area (Å²) in [5.41, 5.74) is 0.618. The zero-order valence-electron chi connectivity index (χ0n) is 9.46. The van der Waals surface area contributed by atoms with Crippen LogP contribution in [-0.4, -0.2) is 11.5 Å². The molecule has 0 radical (unpaired) electrons. The molecule has 0 fully saturated rings. The third-order valence-electron chi connectivity index (χ3n) is 2.39. The Kier molecular flexibility index (Phi) is 4.25. The predicted molar refractivity (Wildman–Crippen MR) is 70.5 cm³/mol. The molecule has 0 aliphatic carbocycles. The fourth-order valence-corrected chi connectivity index (χ4v) is 1.99. The summed E-state index contributed by atoms with van der Waals surface area (Å²) in [6.45, 7) is 0.554. The lowest BCUT2D eigenvalue weighted by Gasteiger charge is -2.07. The van der Waals surface area contributed by atoms with Gasteiger partial charge in [-0.05, 0) is 52.2 Å². The Morgan fingerprint density at radius 2 is 1.89 bits per heavy atom. The minimum atomic E-state index is -0.552. The molecular weight excluding hydrogens is 302 g/mol. The van der Waals surface area contributed by atoms with Crippen LogP contribution in [-0.2, 0) is 6.42 Å². The van der Waals surface area contributed by atoms with E-state index in [1.807, 2.05) is 12.1 Å². The van der Waals surface area contributed by atoms with Gasteiger partial charge in [0.15, 0.2) is 0 Å². The molecule has 0 saturated heterocycles. The minimum Gasteiger partial charge on any atom is -0.369 e.